The molecule has 1 atom stereocenters. The number of ether oxygens (including phenoxy) is 1. The van der Waals surface area contributed by atoms with Gasteiger partial charge >= 0.3 is 5.97 Å². The number of carboxylic acids is 1. The van der Waals surface area contributed by atoms with Crippen LogP contribution >= 0.6 is 0 Å². The lowest BCUT2D eigenvalue weighted by Gasteiger charge is -2.12. The summed E-state index contributed by atoms with van der Waals surface area (Å²) in [5.74, 6) is 0.333. The summed E-state index contributed by atoms with van der Waals surface area (Å²) in [7, 11) is 0. The largest absolute Gasteiger partial charge is 0.478 e. The average molecular weight is 314 g/mol. The molecule has 2 heterocycles. The zero-order valence-corrected chi connectivity index (χ0v) is 12.5. The summed E-state index contributed by atoms with van der Waals surface area (Å²) in [6.07, 6.45) is 3.85. The van der Waals surface area contributed by atoms with E-state index in [1.165, 1.54) is 6.33 Å². The van der Waals surface area contributed by atoms with Crippen molar-refractivity contribution in [3.63, 3.8) is 0 Å². The highest BCUT2D eigenvalue weighted by Crippen LogP contribution is 2.18. The van der Waals surface area contributed by atoms with Crippen LogP contribution in [-0.4, -0.2) is 40.3 Å². The van der Waals surface area contributed by atoms with E-state index in [4.69, 9.17) is 9.84 Å². The SMILES string of the molecule is O=C(O)c1cccc(Nc2cc(NCC3CCCO3)ncn2)c1. The fraction of sp³-hybridized carbons (Fsp3) is 0.312. The van der Waals surface area contributed by atoms with Crippen LogP contribution in [0.5, 0.6) is 0 Å². The summed E-state index contributed by atoms with van der Waals surface area (Å²) >= 11 is 0. The zero-order chi connectivity index (χ0) is 16.1. The zero-order valence-electron chi connectivity index (χ0n) is 12.5. The molecule has 1 aromatic carbocycles. The molecule has 3 rings (SSSR count). The van der Waals surface area contributed by atoms with Crippen molar-refractivity contribution in [2.24, 2.45) is 0 Å². The number of anilines is 3. The summed E-state index contributed by atoms with van der Waals surface area (Å²) in [5.41, 5.74) is 0.884. The number of aromatic nitrogens is 2. The van der Waals surface area contributed by atoms with Gasteiger partial charge in [0.2, 0.25) is 0 Å². The summed E-state index contributed by atoms with van der Waals surface area (Å²) in [6, 6.07) is 8.35. The second-order valence-electron chi connectivity index (χ2n) is 5.32. The first-order valence-corrected chi connectivity index (χ1v) is 7.48. The summed E-state index contributed by atoms with van der Waals surface area (Å²) in [5, 5.41) is 15.3. The number of carbonyl (C=O) groups is 1. The Balaban J connectivity index is 1.64. The van der Waals surface area contributed by atoms with Gasteiger partial charge in [-0.1, -0.05) is 6.07 Å². The normalized spacial score (nSPS) is 17.0. The molecule has 0 amide bonds. The van der Waals surface area contributed by atoms with Crippen LogP contribution in [0.1, 0.15) is 23.2 Å². The van der Waals surface area contributed by atoms with E-state index < -0.39 is 5.97 Å². The van der Waals surface area contributed by atoms with Gasteiger partial charge in [-0.2, -0.15) is 0 Å². The minimum absolute atomic E-state index is 0.223. The maximum atomic E-state index is 11.0. The molecule has 120 valence electrons. The van der Waals surface area contributed by atoms with Gasteiger partial charge in [0.05, 0.1) is 11.7 Å². The first-order valence-electron chi connectivity index (χ1n) is 7.48. The minimum Gasteiger partial charge on any atom is -0.478 e. The number of rotatable bonds is 6. The molecule has 0 bridgehead atoms. The van der Waals surface area contributed by atoms with E-state index in [2.05, 4.69) is 20.6 Å². The first-order chi connectivity index (χ1) is 11.2. The fourth-order valence-electron chi connectivity index (χ4n) is 2.42. The van der Waals surface area contributed by atoms with E-state index in [0.29, 0.717) is 23.9 Å². The molecule has 0 spiro atoms. The summed E-state index contributed by atoms with van der Waals surface area (Å²) in [4.78, 5) is 19.3. The molecule has 0 aliphatic carbocycles. The summed E-state index contributed by atoms with van der Waals surface area (Å²) in [6.45, 7) is 1.54. The molecule has 7 heteroatoms. The molecule has 1 aliphatic heterocycles. The molecule has 3 N–H and O–H groups in total. The Morgan fingerprint density at radius 1 is 1.30 bits per heavy atom. The van der Waals surface area contributed by atoms with Gasteiger partial charge in [0.15, 0.2) is 0 Å². The molecule has 2 aromatic rings. The van der Waals surface area contributed by atoms with Crippen molar-refractivity contribution in [2.45, 2.75) is 18.9 Å². The maximum absolute atomic E-state index is 11.0. The lowest BCUT2D eigenvalue weighted by atomic mass is 10.2. The number of hydrogen-bond acceptors (Lipinski definition) is 6. The number of carboxylic acid groups (broad SMARTS) is 1. The van der Waals surface area contributed by atoms with Crippen molar-refractivity contribution in [3.8, 4) is 0 Å². The van der Waals surface area contributed by atoms with E-state index in [0.717, 1.165) is 19.4 Å². The lowest BCUT2D eigenvalue weighted by Crippen LogP contribution is -2.19. The van der Waals surface area contributed by atoms with Crippen molar-refractivity contribution in [3.05, 3.63) is 42.2 Å². The van der Waals surface area contributed by atoms with E-state index in [1.54, 1.807) is 30.3 Å². The third-order valence-corrected chi connectivity index (χ3v) is 3.58. The molecule has 1 aliphatic rings. The van der Waals surface area contributed by atoms with Crippen molar-refractivity contribution in [1.82, 2.24) is 9.97 Å². The van der Waals surface area contributed by atoms with Gasteiger partial charge < -0.3 is 20.5 Å². The molecule has 1 aromatic heterocycles. The molecule has 7 nitrogen and oxygen atoms in total. The molecule has 1 fully saturated rings. The Morgan fingerprint density at radius 2 is 2.17 bits per heavy atom. The van der Waals surface area contributed by atoms with Crippen LogP contribution in [0.3, 0.4) is 0 Å². The van der Waals surface area contributed by atoms with Crippen molar-refractivity contribution >= 4 is 23.3 Å². The van der Waals surface area contributed by atoms with Gasteiger partial charge in [0, 0.05) is 24.9 Å². The predicted octanol–water partition coefficient (Wildman–Crippen LogP) is 2.51. The van der Waals surface area contributed by atoms with Gasteiger partial charge in [0.1, 0.15) is 18.0 Å². The minimum atomic E-state index is -0.963. The quantitative estimate of drug-likeness (QED) is 0.753. The Morgan fingerprint density at radius 3 is 2.96 bits per heavy atom. The van der Waals surface area contributed by atoms with Crippen LogP contribution in [-0.2, 0) is 4.74 Å². The average Bonchev–Trinajstić information content (AvgIpc) is 3.07. The molecular weight excluding hydrogens is 296 g/mol. The number of benzene rings is 1. The highest BCUT2D eigenvalue weighted by Gasteiger charge is 2.15. The number of hydrogen-bond donors (Lipinski definition) is 3. The molecule has 23 heavy (non-hydrogen) atoms. The van der Waals surface area contributed by atoms with Crippen molar-refractivity contribution < 1.29 is 14.6 Å². The van der Waals surface area contributed by atoms with Crippen molar-refractivity contribution in [1.29, 1.82) is 0 Å². The Hall–Kier alpha value is -2.67. The van der Waals surface area contributed by atoms with E-state index in [1.807, 2.05) is 0 Å². The molecule has 0 saturated carbocycles. The number of aromatic carboxylic acids is 1. The second-order valence-corrected chi connectivity index (χ2v) is 5.32. The van der Waals surface area contributed by atoms with Gasteiger partial charge in [-0.25, -0.2) is 14.8 Å². The van der Waals surface area contributed by atoms with E-state index >= 15 is 0 Å². The van der Waals surface area contributed by atoms with Crippen LogP contribution in [0.4, 0.5) is 17.3 Å². The second kappa shape index (κ2) is 7.06. The fourth-order valence-corrected chi connectivity index (χ4v) is 2.42. The van der Waals surface area contributed by atoms with Crippen LogP contribution in [0.25, 0.3) is 0 Å². The van der Waals surface area contributed by atoms with Gasteiger partial charge in [-0.05, 0) is 31.0 Å². The monoisotopic (exact) mass is 314 g/mol. The third-order valence-electron chi connectivity index (χ3n) is 3.58. The smallest absolute Gasteiger partial charge is 0.335 e. The molecular formula is C16H18N4O3. The number of nitrogens with one attached hydrogen (secondary N) is 2. The van der Waals surface area contributed by atoms with Crippen LogP contribution in [0, 0.1) is 0 Å². The van der Waals surface area contributed by atoms with Gasteiger partial charge in [0.25, 0.3) is 0 Å². The standard InChI is InChI=1S/C16H18N4O3/c21-16(22)11-3-1-4-12(7-11)20-15-8-14(18-10-19-15)17-9-13-5-2-6-23-13/h1,3-4,7-8,10,13H,2,5-6,9H2,(H,21,22)(H2,17,18,19,20). The lowest BCUT2D eigenvalue weighted by molar-refractivity contribution is 0.0697. The van der Waals surface area contributed by atoms with Gasteiger partial charge in [-0.15, -0.1) is 0 Å². The predicted molar refractivity (Wildman–Crippen MR) is 86.2 cm³/mol. The highest BCUT2D eigenvalue weighted by molar-refractivity contribution is 5.89. The summed E-state index contributed by atoms with van der Waals surface area (Å²) < 4.78 is 5.56. The Kier molecular flexibility index (Phi) is 4.68. The molecule has 1 saturated heterocycles. The van der Waals surface area contributed by atoms with Crippen molar-refractivity contribution in [2.75, 3.05) is 23.8 Å². The maximum Gasteiger partial charge on any atom is 0.335 e. The molecule has 1 unspecified atom stereocenters. The topological polar surface area (TPSA) is 96.4 Å². The van der Waals surface area contributed by atoms with E-state index in [9.17, 15) is 4.79 Å². The van der Waals surface area contributed by atoms with Gasteiger partial charge in [-0.3, -0.25) is 0 Å². The Labute approximate surface area is 133 Å². The third kappa shape index (κ3) is 4.17. The number of nitrogens with zero attached hydrogens (tertiary/aromatic N) is 2. The Bertz CT molecular complexity index is 687. The first kappa shape index (κ1) is 15.2. The van der Waals surface area contributed by atoms with Crippen LogP contribution in [0.2, 0.25) is 0 Å². The highest BCUT2D eigenvalue weighted by atomic mass is 16.5. The van der Waals surface area contributed by atoms with E-state index in [-0.39, 0.29) is 11.7 Å². The van der Waals surface area contributed by atoms with Crippen LogP contribution in [0.15, 0.2) is 36.7 Å². The molecule has 0 radical (unpaired) electrons. The van der Waals surface area contributed by atoms with Crippen LogP contribution < -0.4 is 10.6 Å².